The summed E-state index contributed by atoms with van der Waals surface area (Å²) >= 11 is 1.69. The molecule has 1 fully saturated rings. The van der Waals surface area contributed by atoms with Gasteiger partial charge >= 0.3 is 6.18 Å². The van der Waals surface area contributed by atoms with E-state index in [-0.39, 0.29) is 5.92 Å². The zero-order chi connectivity index (χ0) is 10.1. The summed E-state index contributed by atoms with van der Waals surface area (Å²) in [4.78, 5) is 0. The van der Waals surface area contributed by atoms with Crippen molar-refractivity contribution >= 4 is 28.6 Å². The van der Waals surface area contributed by atoms with Crippen molar-refractivity contribution in [2.75, 3.05) is 0 Å². The van der Waals surface area contributed by atoms with Gasteiger partial charge in [-0.3, -0.25) is 0 Å². The molecule has 0 atom stereocenters. The van der Waals surface area contributed by atoms with Crippen LogP contribution in [0.4, 0.5) is 13.2 Å². The molecule has 0 saturated heterocycles. The number of nitrogens with two attached hydrogens (primary N) is 1. The second-order valence-electron chi connectivity index (χ2n) is 2.88. The number of alkyl halides is 3. The Balaban J connectivity index is 2.73. The summed E-state index contributed by atoms with van der Waals surface area (Å²) in [5.41, 5.74) is 4.21. The lowest BCUT2D eigenvalue weighted by atomic mass is 10.2. The monoisotopic (exact) mass is 304 g/mol. The van der Waals surface area contributed by atoms with Crippen molar-refractivity contribution in [3.05, 3.63) is 11.8 Å². The maximum atomic E-state index is 12.0. The number of rotatable bonds is 2. The Morgan fingerprint density at radius 1 is 1.46 bits per heavy atom. The molecular weight excluding hydrogens is 296 g/mol. The minimum absolute atomic E-state index is 0.179. The third kappa shape index (κ3) is 3.17. The van der Waals surface area contributed by atoms with E-state index in [0.717, 1.165) is 18.9 Å². The lowest BCUT2D eigenvalue weighted by Crippen LogP contribution is -2.20. The lowest BCUT2D eigenvalue weighted by molar-refractivity contribution is -0.0925. The first-order valence-electron chi connectivity index (χ1n) is 3.68. The second-order valence-corrected chi connectivity index (χ2v) is 3.36. The highest BCUT2D eigenvalue weighted by atomic mass is 127. The van der Waals surface area contributed by atoms with E-state index in [4.69, 9.17) is 5.73 Å². The van der Waals surface area contributed by atoms with Gasteiger partial charge in [0.2, 0.25) is 0 Å². The van der Waals surface area contributed by atoms with Crippen LogP contribution in [0.25, 0.3) is 0 Å². The Bertz CT molecular complexity index is 253. The van der Waals surface area contributed by atoms with Gasteiger partial charge in [0.25, 0.3) is 0 Å². The minimum atomic E-state index is -4.44. The van der Waals surface area contributed by atoms with Crippen LogP contribution in [0.15, 0.2) is 15.0 Å². The zero-order valence-corrected chi connectivity index (χ0v) is 8.76. The van der Waals surface area contributed by atoms with Crippen molar-refractivity contribution in [2.24, 2.45) is 14.9 Å². The quantitative estimate of drug-likeness (QED) is 0.618. The first-order chi connectivity index (χ1) is 5.95. The molecule has 1 aliphatic carbocycles. The van der Waals surface area contributed by atoms with E-state index in [1.165, 1.54) is 0 Å². The average Bonchev–Trinajstić information content (AvgIpc) is 2.80. The van der Waals surface area contributed by atoms with Crippen LogP contribution in [0.3, 0.4) is 0 Å². The van der Waals surface area contributed by atoms with Crippen LogP contribution < -0.4 is 5.73 Å². The molecule has 13 heavy (non-hydrogen) atoms. The SMILES string of the molecule is NC(=CC(=NI)C1CC1)C(F)(F)F. The van der Waals surface area contributed by atoms with Gasteiger partial charge in [0.05, 0.1) is 28.6 Å². The van der Waals surface area contributed by atoms with Crippen LogP contribution >= 0.6 is 22.9 Å². The third-order valence-corrected chi connectivity index (χ3v) is 2.28. The molecule has 1 rings (SSSR count). The minimum Gasteiger partial charge on any atom is -0.395 e. The topological polar surface area (TPSA) is 38.4 Å². The average molecular weight is 304 g/mol. The molecular formula is C7H8F3IN2. The van der Waals surface area contributed by atoms with E-state index < -0.39 is 11.9 Å². The number of hydrogen-bond acceptors (Lipinski definition) is 2. The van der Waals surface area contributed by atoms with Crippen molar-refractivity contribution in [2.45, 2.75) is 19.0 Å². The molecule has 0 aromatic heterocycles. The Hall–Kier alpha value is -0.270. The van der Waals surface area contributed by atoms with Crippen molar-refractivity contribution < 1.29 is 13.2 Å². The van der Waals surface area contributed by atoms with Gasteiger partial charge in [-0.15, -0.1) is 0 Å². The highest BCUT2D eigenvalue weighted by Gasteiger charge is 2.34. The number of allylic oxidation sites excluding steroid dienone is 2. The summed E-state index contributed by atoms with van der Waals surface area (Å²) in [6, 6.07) is 0. The highest BCUT2D eigenvalue weighted by molar-refractivity contribution is 14.1. The first-order valence-corrected chi connectivity index (χ1v) is 4.65. The van der Waals surface area contributed by atoms with Gasteiger partial charge in [-0.1, -0.05) is 0 Å². The molecule has 2 N–H and O–H groups in total. The van der Waals surface area contributed by atoms with E-state index >= 15 is 0 Å². The van der Waals surface area contributed by atoms with Gasteiger partial charge in [-0.05, 0) is 18.9 Å². The summed E-state index contributed by atoms with van der Waals surface area (Å²) in [5.74, 6) is 0.179. The largest absolute Gasteiger partial charge is 0.430 e. The van der Waals surface area contributed by atoms with E-state index in [1.54, 1.807) is 22.9 Å². The molecule has 0 amide bonds. The van der Waals surface area contributed by atoms with Gasteiger partial charge in [0.1, 0.15) is 5.70 Å². The summed E-state index contributed by atoms with van der Waals surface area (Å²) in [6.45, 7) is 0. The molecule has 74 valence electrons. The molecule has 0 aromatic rings. The molecule has 0 radical (unpaired) electrons. The van der Waals surface area contributed by atoms with Crippen molar-refractivity contribution in [3.63, 3.8) is 0 Å². The Morgan fingerprint density at radius 2 is 2.00 bits per heavy atom. The molecule has 0 unspecified atom stereocenters. The number of hydrogen-bond donors (Lipinski definition) is 1. The van der Waals surface area contributed by atoms with Gasteiger partial charge in [-0.25, -0.2) is 3.21 Å². The molecule has 0 aromatic carbocycles. The van der Waals surface area contributed by atoms with E-state index in [1.807, 2.05) is 0 Å². The predicted octanol–water partition coefficient (Wildman–Crippen LogP) is 2.59. The van der Waals surface area contributed by atoms with Crippen molar-refractivity contribution in [3.8, 4) is 0 Å². The predicted molar refractivity (Wildman–Crippen MR) is 52.5 cm³/mol. The molecule has 2 nitrogen and oxygen atoms in total. The molecule has 0 heterocycles. The van der Waals surface area contributed by atoms with Gasteiger partial charge in [-0.2, -0.15) is 13.2 Å². The maximum absolute atomic E-state index is 12.0. The van der Waals surface area contributed by atoms with Crippen LogP contribution in [0.1, 0.15) is 12.8 Å². The Kier molecular flexibility index (Phi) is 3.20. The van der Waals surface area contributed by atoms with Crippen LogP contribution in [-0.4, -0.2) is 11.9 Å². The van der Waals surface area contributed by atoms with E-state index in [0.29, 0.717) is 5.71 Å². The molecule has 0 aliphatic heterocycles. The smallest absolute Gasteiger partial charge is 0.395 e. The van der Waals surface area contributed by atoms with Gasteiger partial charge in [0, 0.05) is 5.92 Å². The molecule has 0 spiro atoms. The second kappa shape index (κ2) is 3.85. The fourth-order valence-corrected chi connectivity index (χ4v) is 1.36. The van der Waals surface area contributed by atoms with Crippen LogP contribution in [0, 0.1) is 5.92 Å². The third-order valence-electron chi connectivity index (χ3n) is 1.72. The highest BCUT2D eigenvalue weighted by Crippen LogP contribution is 2.33. The Labute approximate surface area is 87.6 Å². The summed E-state index contributed by atoms with van der Waals surface area (Å²) in [7, 11) is 0. The van der Waals surface area contributed by atoms with Crippen LogP contribution in [0.2, 0.25) is 0 Å². The first kappa shape index (κ1) is 10.8. The normalized spacial score (nSPS) is 20.6. The number of nitrogens with zero attached hydrogens (tertiary/aromatic N) is 1. The summed E-state index contributed by atoms with van der Waals surface area (Å²) in [5, 5.41) is 0. The molecule has 1 aliphatic rings. The fourth-order valence-electron chi connectivity index (χ4n) is 0.832. The lowest BCUT2D eigenvalue weighted by Gasteiger charge is -2.06. The Morgan fingerprint density at radius 3 is 2.31 bits per heavy atom. The maximum Gasteiger partial charge on any atom is 0.430 e. The summed E-state index contributed by atoms with van der Waals surface area (Å²) in [6.07, 6.45) is -1.71. The molecule has 1 saturated carbocycles. The standard InChI is InChI=1S/C7H8F3IN2/c8-7(9,10)6(12)3-5(13-11)4-1-2-4/h3-4H,1-2,12H2. The molecule has 6 heteroatoms. The van der Waals surface area contributed by atoms with Crippen molar-refractivity contribution in [1.29, 1.82) is 0 Å². The van der Waals surface area contributed by atoms with Gasteiger partial charge in [0.15, 0.2) is 0 Å². The van der Waals surface area contributed by atoms with Crippen LogP contribution in [0.5, 0.6) is 0 Å². The summed E-state index contributed by atoms with van der Waals surface area (Å²) < 4.78 is 39.7. The van der Waals surface area contributed by atoms with Crippen LogP contribution in [-0.2, 0) is 0 Å². The van der Waals surface area contributed by atoms with E-state index in [2.05, 4.69) is 3.21 Å². The fraction of sp³-hybridized carbons (Fsp3) is 0.571. The molecule has 0 bridgehead atoms. The van der Waals surface area contributed by atoms with Crippen molar-refractivity contribution in [1.82, 2.24) is 0 Å². The number of halogens is 4. The van der Waals surface area contributed by atoms with Gasteiger partial charge < -0.3 is 5.73 Å². The zero-order valence-electron chi connectivity index (χ0n) is 6.61. The van der Waals surface area contributed by atoms with E-state index in [9.17, 15) is 13.2 Å².